The maximum atomic E-state index is 11.4. The van der Waals surface area contributed by atoms with E-state index < -0.39 is 43.3 Å². The van der Waals surface area contributed by atoms with Gasteiger partial charge in [0.15, 0.2) is 5.69 Å². The Morgan fingerprint density at radius 3 is 2.36 bits per heavy atom. The van der Waals surface area contributed by atoms with Gasteiger partial charge in [0.1, 0.15) is 30.2 Å². The van der Waals surface area contributed by atoms with Gasteiger partial charge in [0, 0.05) is 5.56 Å². The maximum absolute atomic E-state index is 11.4. The smallest absolute Gasteiger partial charge is 0.358 e. The van der Waals surface area contributed by atoms with Crippen LogP contribution in [0.3, 0.4) is 0 Å². The molecule has 2 aromatic rings. The highest BCUT2D eigenvalue weighted by Crippen LogP contribution is 2.26. The first-order chi connectivity index (χ1) is 13.4. The molecule has 0 bridgehead atoms. The summed E-state index contributed by atoms with van der Waals surface area (Å²) in [5.74, 6) is -0.255. The summed E-state index contributed by atoms with van der Waals surface area (Å²) in [6, 6.07) is 6.54. The van der Waals surface area contributed by atoms with Crippen LogP contribution in [-0.4, -0.2) is 80.8 Å². The molecule has 0 amide bonds. The molecule has 0 aliphatic carbocycles. The van der Waals surface area contributed by atoms with E-state index in [2.05, 4.69) is 14.7 Å². The molecule has 0 unspecified atom stereocenters. The molecule has 150 valence electrons. The molecule has 0 spiro atoms. The van der Waals surface area contributed by atoms with E-state index in [0.717, 1.165) is 0 Å². The molecule has 0 radical (unpaired) electrons. The minimum absolute atomic E-state index is 0.0915. The summed E-state index contributed by atoms with van der Waals surface area (Å²) in [5, 5.41) is 38.8. The van der Waals surface area contributed by atoms with Gasteiger partial charge in [-0.25, -0.2) is 9.78 Å². The topological polar surface area (TPSA) is 151 Å². The Morgan fingerprint density at radius 1 is 1.07 bits per heavy atom. The van der Waals surface area contributed by atoms with Gasteiger partial charge in [-0.15, -0.1) is 0 Å². The highest BCUT2D eigenvalue weighted by molar-refractivity contribution is 5.86. The van der Waals surface area contributed by atoms with Crippen LogP contribution in [0.15, 0.2) is 36.7 Å². The minimum Gasteiger partial charge on any atom is -0.464 e. The molecule has 1 fully saturated rings. The van der Waals surface area contributed by atoms with E-state index in [4.69, 9.17) is 9.47 Å². The van der Waals surface area contributed by atoms with E-state index in [-0.39, 0.29) is 5.69 Å². The van der Waals surface area contributed by atoms with Crippen LogP contribution >= 0.6 is 0 Å². The van der Waals surface area contributed by atoms with Crippen molar-refractivity contribution in [2.45, 2.75) is 30.7 Å². The largest absolute Gasteiger partial charge is 0.464 e. The second kappa shape index (κ2) is 8.59. The summed E-state index contributed by atoms with van der Waals surface area (Å²) in [6.45, 7) is -0.538. The number of aliphatic hydroxyl groups excluding tert-OH is 4. The lowest BCUT2D eigenvalue weighted by Gasteiger charge is -2.39. The number of aliphatic hydroxyl groups is 4. The second-order valence-corrected chi connectivity index (χ2v) is 6.12. The Bertz CT molecular complexity index is 796. The zero-order valence-electron chi connectivity index (χ0n) is 14.9. The maximum Gasteiger partial charge on any atom is 0.358 e. The first-order valence-corrected chi connectivity index (χ1v) is 8.42. The van der Waals surface area contributed by atoms with Crippen LogP contribution in [0.25, 0.3) is 11.3 Å². The fraction of sp³-hybridized carbons (Fsp3) is 0.389. The average molecular weight is 392 g/mol. The van der Waals surface area contributed by atoms with Crippen LogP contribution in [0.2, 0.25) is 0 Å². The van der Waals surface area contributed by atoms with Gasteiger partial charge in [-0.1, -0.05) is 0 Å². The predicted octanol–water partition coefficient (Wildman–Crippen LogP) is -0.891. The molecule has 5 atom stereocenters. The van der Waals surface area contributed by atoms with Crippen LogP contribution in [0.5, 0.6) is 5.75 Å². The summed E-state index contributed by atoms with van der Waals surface area (Å²) in [4.78, 5) is 19.5. The fourth-order valence-corrected chi connectivity index (χ4v) is 2.69. The number of esters is 1. The summed E-state index contributed by atoms with van der Waals surface area (Å²) in [7, 11) is 1.26. The number of methoxy groups -OCH3 is 1. The molecule has 1 saturated heterocycles. The summed E-state index contributed by atoms with van der Waals surface area (Å²) < 4.78 is 15.4. The van der Waals surface area contributed by atoms with Gasteiger partial charge < -0.3 is 34.6 Å². The van der Waals surface area contributed by atoms with Crippen molar-refractivity contribution in [1.82, 2.24) is 9.97 Å². The summed E-state index contributed by atoms with van der Waals surface area (Å²) in [5.41, 5.74) is 1.31. The Kier molecular flexibility index (Phi) is 6.17. The molecule has 10 nitrogen and oxygen atoms in total. The van der Waals surface area contributed by atoms with Gasteiger partial charge in [0.25, 0.3) is 0 Å². The van der Waals surface area contributed by atoms with Gasteiger partial charge >= 0.3 is 5.97 Å². The number of nitrogens with zero attached hydrogens (tertiary/aromatic N) is 2. The molecule has 4 N–H and O–H groups in total. The van der Waals surface area contributed by atoms with Crippen LogP contribution < -0.4 is 4.74 Å². The van der Waals surface area contributed by atoms with E-state index in [0.29, 0.717) is 17.0 Å². The Morgan fingerprint density at radius 2 is 1.79 bits per heavy atom. The Hall–Kier alpha value is -2.63. The monoisotopic (exact) mass is 392 g/mol. The van der Waals surface area contributed by atoms with E-state index >= 15 is 0 Å². The number of rotatable bonds is 5. The lowest BCUT2D eigenvalue weighted by atomic mass is 9.99. The normalized spacial score (nSPS) is 27.2. The van der Waals surface area contributed by atoms with E-state index in [9.17, 15) is 25.2 Å². The SMILES string of the molecule is COC(=O)c1cnc(-c2ccc(O[C@@H]3O[C@H](CO)[C@@H](O)[C@H](O)[C@@H]3O)cc2)cn1. The number of ether oxygens (including phenoxy) is 3. The standard InChI is InChI=1S/C18H20N2O8/c1-26-17(25)12-7-19-11(6-20-12)9-2-4-10(5-3-9)27-18-16(24)15(23)14(22)13(8-21)28-18/h2-7,13-16,18,21-24H,8H2,1H3/t13-,14-,15+,16+,18-/m1/s1. The molecule has 1 aliphatic rings. The van der Waals surface area contributed by atoms with Gasteiger partial charge in [-0.05, 0) is 24.3 Å². The zero-order valence-corrected chi connectivity index (χ0v) is 14.9. The van der Waals surface area contributed by atoms with E-state index in [1.165, 1.54) is 19.5 Å². The molecular weight excluding hydrogens is 372 g/mol. The van der Waals surface area contributed by atoms with Crippen molar-refractivity contribution in [2.75, 3.05) is 13.7 Å². The van der Waals surface area contributed by atoms with Crippen molar-refractivity contribution in [2.24, 2.45) is 0 Å². The lowest BCUT2D eigenvalue weighted by Crippen LogP contribution is -2.60. The number of carbonyl (C=O) groups is 1. The van der Waals surface area contributed by atoms with Crippen LogP contribution in [-0.2, 0) is 9.47 Å². The first kappa shape index (κ1) is 20.1. The number of benzene rings is 1. The van der Waals surface area contributed by atoms with Crippen molar-refractivity contribution >= 4 is 5.97 Å². The van der Waals surface area contributed by atoms with Crippen molar-refractivity contribution < 1.29 is 39.4 Å². The lowest BCUT2D eigenvalue weighted by molar-refractivity contribution is -0.277. The molecule has 1 aliphatic heterocycles. The van der Waals surface area contributed by atoms with E-state index in [1.54, 1.807) is 24.3 Å². The molecule has 1 aromatic heterocycles. The quantitative estimate of drug-likeness (QED) is 0.472. The Labute approximate surface area is 160 Å². The molecular formula is C18H20N2O8. The third kappa shape index (κ3) is 4.11. The molecule has 10 heteroatoms. The number of hydrogen-bond acceptors (Lipinski definition) is 10. The second-order valence-electron chi connectivity index (χ2n) is 6.12. The van der Waals surface area contributed by atoms with Crippen LogP contribution in [0, 0.1) is 0 Å². The highest BCUT2D eigenvalue weighted by atomic mass is 16.7. The molecule has 28 heavy (non-hydrogen) atoms. The zero-order chi connectivity index (χ0) is 20.3. The van der Waals surface area contributed by atoms with Crippen molar-refractivity contribution in [1.29, 1.82) is 0 Å². The first-order valence-electron chi connectivity index (χ1n) is 8.42. The molecule has 2 heterocycles. The predicted molar refractivity (Wildman–Crippen MR) is 93.2 cm³/mol. The van der Waals surface area contributed by atoms with Gasteiger partial charge in [-0.3, -0.25) is 4.98 Å². The van der Waals surface area contributed by atoms with Crippen LogP contribution in [0.1, 0.15) is 10.5 Å². The van der Waals surface area contributed by atoms with E-state index in [1.807, 2.05) is 0 Å². The average Bonchev–Trinajstić information content (AvgIpc) is 2.74. The minimum atomic E-state index is -1.52. The van der Waals surface area contributed by atoms with Crippen molar-refractivity contribution in [3.8, 4) is 17.0 Å². The molecule has 0 saturated carbocycles. The van der Waals surface area contributed by atoms with Gasteiger partial charge in [0.2, 0.25) is 6.29 Å². The molecule has 3 rings (SSSR count). The third-order valence-electron chi connectivity index (χ3n) is 4.30. The number of carbonyl (C=O) groups excluding carboxylic acids is 1. The van der Waals surface area contributed by atoms with Crippen molar-refractivity contribution in [3.05, 3.63) is 42.4 Å². The van der Waals surface area contributed by atoms with Gasteiger partial charge in [0.05, 0.1) is 31.8 Å². The summed E-state index contributed by atoms with van der Waals surface area (Å²) in [6.07, 6.45) is -4.03. The number of aromatic nitrogens is 2. The summed E-state index contributed by atoms with van der Waals surface area (Å²) >= 11 is 0. The van der Waals surface area contributed by atoms with Gasteiger partial charge in [-0.2, -0.15) is 0 Å². The van der Waals surface area contributed by atoms with Crippen molar-refractivity contribution in [3.63, 3.8) is 0 Å². The molecule has 1 aromatic carbocycles. The highest BCUT2D eigenvalue weighted by Gasteiger charge is 2.44. The third-order valence-corrected chi connectivity index (χ3v) is 4.30. The number of hydrogen-bond donors (Lipinski definition) is 4. The Balaban J connectivity index is 1.70. The fourth-order valence-electron chi connectivity index (χ4n) is 2.69. The van der Waals surface area contributed by atoms with Crippen LogP contribution in [0.4, 0.5) is 0 Å².